The molecule has 24 heavy (non-hydrogen) atoms. The molecule has 1 aliphatic heterocycles. The smallest absolute Gasteiger partial charge is 0.153 e. The second kappa shape index (κ2) is 5.72. The van der Waals surface area contributed by atoms with Crippen LogP contribution in [0.1, 0.15) is 18.5 Å². The van der Waals surface area contributed by atoms with Gasteiger partial charge in [-0.15, -0.1) is 0 Å². The Morgan fingerprint density at radius 3 is 2.96 bits per heavy atom. The molecule has 0 amide bonds. The first kappa shape index (κ1) is 14.8. The van der Waals surface area contributed by atoms with Crippen LogP contribution in [0.5, 0.6) is 0 Å². The molecule has 0 aliphatic carbocycles. The van der Waals surface area contributed by atoms with Gasteiger partial charge in [-0.25, -0.2) is 9.50 Å². The second-order valence-electron chi connectivity index (χ2n) is 6.25. The van der Waals surface area contributed by atoms with Gasteiger partial charge in [0, 0.05) is 24.7 Å². The number of piperidine rings is 1. The third kappa shape index (κ3) is 2.44. The van der Waals surface area contributed by atoms with Crippen molar-refractivity contribution in [2.75, 3.05) is 23.7 Å². The van der Waals surface area contributed by atoms with E-state index in [9.17, 15) is 0 Å². The van der Waals surface area contributed by atoms with Crippen molar-refractivity contribution in [3.63, 3.8) is 0 Å². The van der Waals surface area contributed by atoms with Crippen LogP contribution in [-0.4, -0.2) is 43.9 Å². The number of hydrogen-bond donors (Lipinski definition) is 2. The van der Waals surface area contributed by atoms with Gasteiger partial charge in [-0.3, -0.25) is 0 Å². The Morgan fingerprint density at radius 1 is 1.29 bits per heavy atom. The highest BCUT2D eigenvalue weighted by Crippen LogP contribution is 2.34. The Labute approximate surface area is 139 Å². The van der Waals surface area contributed by atoms with Gasteiger partial charge in [0.25, 0.3) is 0 Å². The summed E-state index contributed by atoms with van der Waals surface area (Å²) < 4.78 is 1.83. The number of fused-ring (bicyclic) bond motifs is 1. The maximum absolute atomic E-state index is 6.16. The van der Waals surface area contributed by atoms with Crippen molar-refractivity contribution in [3.8, 4) is 11.3 Å². The molecule has 8 nitrogen and oxygen atoms in total. The molecule has 0 bridgehead atoms. The molecule has 1 saturated heterocycles. The Hall–Kier alpha value is -2.74. The van der Waals surface area contributed by atoms with E-state index in [-0.39, 0.29) is 6.04 Å². The van der Waals surface area contributed by atoms with Crippen molar-refractivity contribution in [2.45, 2.75) is 25.8 Å². The first-order valence-corrected chi connectivity index (χ1v) is 8.06. The third-order valence-corrected chi connectivity index (χ3v) is 4.43. The Morgan fingerprint density at radius 2 is 2.17 bits per heavy atom. The van der Waals surface area contributed by atoms with E-state index in [4.69, 9.17) is 11.5 Å². The van der Waals surface area contributed by atoms with Gasteiger partial charge < -0.3 is 16.4 Å². The van der Waals surface area contributed by atoms with Crippen molar-refractivity contribution in [1.82, 2.24) is 24.8 Å². The SMILES string of the molecule is Cc1cc(-c2cc(N3CCC[C@@H](N)C3)c3c(N)ncnn23)cnn1. The molecule has 0 radical (unpaired) electrons. The van der Waals surface area contributed by atoms with Crippen LogP contribution in [0.15, 0.2) is 24.7 Å². The standard InChI is InChI=1S/C16H20N8/c1-10-5-11(7-20-22-10)13-6-14(23-4-2-3-12(17)8-23)15-16(18)19-9-21-24(13)15/h5-7,9,12H,2-4,8,17H2,1H3,(H2,18,19,21)/t12-/m1/s1. The summed E-state index contributed by atoms with van der Waals surface area (Å²) in [6.07, 6.45) is 5.32. The molecule has 4 N–H and O–H groups in total. The van der Waals surface area contributed by atoms with E-state index in [1.807, 2.05) is 17.5 Å². The first-order valence-electron chi connectivity index (χ1n) is 8.06. The molecule has 8 heteroatoms. The van der Waals surface area contributed by atoms with Crippen LogP contribution >= 0.6 is 0 Å². The summed E-state index contributed by atoms with van der Waals surface area (Å²) in [5.74, 6) is 0.462. The summed E-state index contributed by atoms with van der Waals surface area (Å²) in [6, 6.07) is 4.25. The molecule has 0 saturated carbocycles. The van der Waals surface area contributed by atoms with E-state index in [1.54, 1.807) is 6.20 Å². The van der Waals surface area contributed by atoms with Crippen LogP contribution in [0.25, 0.3) is 16.8 Å². The lowest BCUT2D eigenvalue weighted by atomic mass is 10.1. The van der Waals surface area contributed by atoms with Gasteiger partial charge in [0.15, 0.2) is 5.82 Å². The summed E-state index contributed by atoms with van der Waals surface area (Å²) in [6.45, 7) is 3.68. The van der Waals surface area contributed by atoms with Crippen LogP contribution in [0.2, 0.25) is 0 Å². The summed E-state index contributed by atoms with van der Waals surface area (Å²) >= 11 is 0. The molecular formula is C16H20N8. The van der Waals surface area contributed by atoms with Crippen LogP contribution in [0, 0.1) is 6.92 Å². The van der Waals surface area contributed by atoms with E-state index in [2.05, 4.69) is 31.2 Å². The maximum atomic E-state index is 6.16. The number of aryl methyl sites for hydroxylation is 1. The summed E-state index contributed by atoms with van der Waals surface area (Å²) in [5.41, 5.74) is 16.9. The number of hydrogen-bond acceptors (Lipinski definition) is 7. The number of nitrogens with two attached hydrogens (primary N) is 2. The number of anilines is 2. The number of nitrogens with zero attached hydrogens (tertiary/aromatic N) is 6. The average Bonchev–Trinajstić information content (AvgIpc) is 2.96. The average molecular weight is 324 g/mol. The predicted molar refractivity (Wildman–Crippen MR) is 92.6 cm³/mol. The highest BCUT2D eigenvalue weighted by Gasteiger charge is 2.23. The molecule has 3 aromatic heterocycles. The maximum Gasteiger partial charge on any atom is 0.153 e. The largest absolute Gasteiger partial charge is 0.382 e. The minimum absolute atomic E-state index is 0.174. The summed E-state index contributed by atoms with van der Waals surface area (Å²) in [5, 5.41) is 12.5. The molecule has 0 unspecified atom stereocenters. The van der Waals surface area contributed by atoms with Crippen molar-refractivity contribution in [3.05, 3.63) is 30.4 Å². The zero-order chi connectivity index (χ0) is 16.7. The molecular weight excluding hydrogens is 304 g/mol. The van der Waals surface area contributed by atoms with Gasteiger partial charge in [0.1, 0.15) is 11.8 Å². The van der Waals surface area contributed by atoms with Crippen LogP contribution in [0.3, 0.4) is 0 Å². The molecule has 124 valence electrons. The minimum Gasteiger partial charge on any atom is -0.382 e. The topological polar surface area (TPSA) is 111 Å². The van der Waals surface area contributed by atoms with Crippen molar-refractivity contribution >= 4 is 17.0 Å². The van der Waals surface area contributed by atoms with E-state index in [1.165, 1.54) is 6.33 Å². The highest BCUT2D eigenvalue weighted by atomic mass is 15.3. The van der Waals surface area contributed by atoms with E-state index in [0.29, 0.717) is 5.82 Å². The van der Waals surface area contributed by atoms with Crippen molar-refractivity contribution in [2.24, 2.45) is 5.73 Å². The van der Waals surface area contributed by atoms with Gasteiger partial charge in [-0.1, -0.05) is 0 Å². The monoisotopic (exact) mass is 324 g/mol. The van der Waals surface area contributed by atoms with Gasteiger partial charge in [-0.05, 0) is 31.9 Å². The summed E-state index contributed by atoms with van der Waals surface area (Å²) in [7, 11) is 0. The minimum atomic E-state index is 0.174. The zero-order valence-corrected chi connectivity index (χ0v) is 13.6. The summed E-state index contributed by atoms with van der Waals surface area (Å²) in [4.78, 5) is 6.44. The van der Waals surface area contributed by atoms with Crippen molar-refractivity contribution in [1.29, 1.82) is 0 Å². The molecule has 1 atom stereocenters. The third-order valence-electron chi connectivity index (χ3n) is 4.43. The quantitative estimate of drug-likeness (QED) is 0.723. The molecule has 0 spiro atoms. The fourth-order valence-electron chi connectivity index (χ4n) is 3.34. The van der Waals surface area contributed by atoms with E-state index in [0.717, 1.165) is 54.1 Å². The Kier molecular flexibility index (Phi) is 3.53. The van der Waals surface area contributed by atoms with Gasteiger partial charge in [-0.2, -0.15) is 15.3 Å². The fraction of sp³-hybridized carbons (Fsp3) is 0.375. The Bertz CT molecular complexity index is 887. The normalized spacial score (nSPS) is 18.2. The highest BCUT2D eigenvalue weighted by molar-refractivity contribution is 5.88. The van der Waals surface area contributed by atoms with E-state index < -0.39 is 0 Å². The molecule has 4 rings (SSSR count). The molecule has 4 heterocycles. The first-order chi connectivity index (χ1) is 11.6. The zero-order valence-electron chi connectivity index (χ0n) is 13.6. The second-order valence-corrected chi connectivity index (χ2v) is 6.25. The van der Waals surface area contributed by atoms with Gasteiger partial charge >= 0.3 is 0 Å². The lowest BCUT2D eigenvalue weighted by Gasteiger charge is -2.32. The van der Waals surface area contributed by atoms with Crippen LogP contribution in [0.4, 0.5) is 11.5 Å². The van der Waals surface area contributed by atoms with Crippen LogP contribution < -0.4 is 16.4 Å². The Balaban J connectivity index is 1.91. The molecule has 1 fully saturated rings. The van der Waals surface area contributed by atoms with Crippen LogP contribution in [-0.2, 0) is 0 Å². The predicted octanol–water partition coefficient (Wildman–Crippen LogP) is 1.00. The number of rotatable bonds is 2. The van der Waals surface area contributed by atoms with Gasteiger partial charge in [0.05, 0.1) is 23.3 Å². The number of nitrogen functional groups attached to an aromatic ring is 1. The lowest BCUT2D eigenvalue weighted by molar-refractivity contribution is 0.507. The fourth-order valence-corrected chi connectivity index (χ4v) is 3.34. The van der Waals surface area contributed by atoms with Crippen molar-refractivity contribution < 1.29 is 0 Å². The molecule has 1 aliphatic rings. The molecule has 0 aromatic carbocycles. The van der Waals surface area contributed by atoms with E-state index >= 15 is 0 Å². The van der Waals surface area contributed by atoms with Gasteiger partial charge in [0.2, 0.25) is 0 Å². The lowest BCUT2D eigenvalue weighted by Crippen LogP contribution is -2.42. The number of aromatic nitrogens is 5. The molecule has 3 aromatic rings.